The Bertz CT molecular complexity index is 459. The SMILES string of the molecule is CC1(NC(=O)c2ccnc(F)c2F)CCOCC1. The zero-order valence-corrected chi connectivity index (χ0v) is 10.0. The third-order valence-electron chi connectivity index (χ3n) is 3.10. The maximum absolute atomic E-state index is 13.4. The number of pyridine rings is 1. The second-order valence-corrected chi connectivity index (χ2v) is 4.59. The summed E-state index contributed by atoms with van der Waals surface area (Å²) < 4.78 is 31.5. The van der Waals surface area contributed by atoms with Crippen molar-refractivity contribution in [1.29, 1.82) is 0 Å². The summed E-state index contributed by atoms with van der Waals surface area (Å²) in [6.07, 6.45) is 2.36. The van der Waals surface area contributed by atoms with Crippen LogP contribution in [0.5, 0.6) is 0 Å². The molecule has 0 saturated carbocycles. The number of carbonyl (C=O) groups excluding carboxylic acids is 1. The van der Waals surface area contributed by atoms with Crippen LogP contribution in [0.25, 0.3) is 0 Å². The molecule has 0 spiro atoms. The lowest BCUT2D eigenvalue weighted by Crippen LogP contribution is -2.49. The highest BCUT2D eigenvalue weighted by Crippen LogP contribution is 2.21. The molecule has 4 nitrogen and oxygen atoms in total. The summed E-state index contributed by atoms with van der Waals surface area (Å²) in [4.78, 5) is 15.0. The van der Waals surface area contributed by atoms with Gasteiger partial charge in [-0.3, -0.25) is 4.79 Å². The molecule has 1 aliphatic rings. The van der Waals surface area contributed by atoms with Crippen molar-refractivity contribution in [2.75, 3.05) is 13.2 Å². The van der Waals surface area contributed by atoms with Crippen molar-refractivity contribution in [2.45, 2.75) is 25.3 Å². The number of aromatic nitrogens is 1. The molecule has 98 valence electrons. The van der Waals surface area contributed by atoms with Crippen molar-refractivity contribution in [1.82, 2.24) is 10.3 Å². The van der Waals surface area contributed by atoms with Crippen LogP contribution in [0.2, 0.25) is 0 Å². The maximum atomic E-state index is 13.4. The van der Waals surface area contributed by atoms with E-state index in [9.17, 15) is 13.6 Å². The average Bonchev–Trinajstić information content (AvgIpc) is 2.33. The molecule has 0 aromatic carbocycles. The first kappa shape index (κ1) is 12.9. The van der Waals surface area contributed by atoms with E-state index in [2.05, 4.69) is 10.3 Å². The highest BCUT2D eigenvalue weighted by Gasteiger charge is 2.30. The predicted molar refractivity (Wildman–Crippen MR) is 60.1 cm³/mol. The normalized spacial score (nSPS) is 18.4. The van der Waals surface area contributed by atoms with Gasteiger partial charge in [0.05, 0.1) is 5.56 Å². The summed E-state index contributed by atoms with van der Waals surface area (Å²) in [5.41, 5.74) is -0.767. The van der Waals surface area contributed by atoms with Gasteiger partial charge in [0.25, 0.3) is 5.91 Å². The Morgan fingerprint density at radius 2 is 2.11 bits per heavy atom. The molecule has 0 aliphatic carbocycles. The molecule has 0 unspecified atom stereocenters. The number of halogens is 2. The molecule has 1 fully saturated rings. The van der Waals surface area contributed by atoms with Gasteiger partial charge in [0, 0.05) is 24.9 Å². The van der Waals surface area contributed by atoms with Gasteiger partial charge in [0.15, 0.2) is 5.82 Å². The van der Waals surface area contributed by atoms with Gasteiger partial charge in [0.2, 0.25) is 5.95 Å². The lowest BCUT2D eigenvalue weighted by Gasteiger charge is -2.34. The number of ether oxygens (including phenoxy) is 1. The van der Waals surface area contributed by atoms with Crippen molar-refractivity contribution in [3.63, 3.8) is 0 Å². The van der Waals surface area contributed by atoms with E-state index in [4.69, 9.17) is 4.74 Å². The minimum Gasteiger partial charge on any atom is -0.381 e. The monoisotopic (exact) mass is 256 g/mol. The molecule has 1 saturated heterocycles. The smallest absolute Gasteiger partial charge is 0.254 e. The summed E-state index contributed by atoms with van der Waals surface area (Å²) in [5.74, 6) is -3.11. The summed E-state index contributed by atoms with van der Waals surface area (Å²) in [5, 5.41) is 2.73. The summed E-state index contributed by atoms with van der Waals surface area (Å²) >= 11 is 0. The van der Waals surface area contributed by atoms with E-state index in [1.54, 1.807) is 0 Å². The molecule has 18 heavy (non-hydrogen) atoms. The lowest BCUT2D eigenvalue weighted by molar-refractivity contribution is 0.0421. The van der Waals surface area contributed by atoms with Crippen LogP contribution in [0.3, 0.4) is 0 Å². The molecule has 1 amide bonds. The fraction of sp³-hybridized carbons (Fsp3) is 0.500. The summed E-state index contributed by atoms with van der Waals surface area (Å²) in [7, 11) is 0. The first-order chi connectivity index (χ1) is 8.52. The van der Waals surface area contributed by atoms with Crippen molar-refractivity contribution >= 4 is 5.91 Å². The third kappa shape index (κ3) is 2.64. The minimum absolute atomic E-state index is 0.324. The molecular formula is C12H14F2N2O2. The highest BCUT2D eigenvalue weighted by atomic mass is 19.2. The Morgan fingerprint density at radius 1 is 1.44 bits per heavy atom. The fourth-order valence-corrected chi connectivity index (χ4v) is 1.88. The Morgan fingerprint density at radius 3 is 2.78 bits per heavy atom. The van der Waals surface area contributed by atoms with E-state index in [1.165, 1.54) is 0 Å². The lowest BCUT2D eigenvalue weighted by atomic mass is 9.92. The molecule has 1 aromatic rings. The van der Waals surface area contributed by atoms with Crippen molar-refractivity contribution in [2.24, 2.45) is 0 Å². The first-order valence-electron chi connectivity index (χ1n) is 5.72. The zero-order valence-electron chi connectivity index (χ0n) is 10.0. The number of amides is 1. The Labute approximate surface area is 103 Å². The number of rotatable bonds is 2. The minimum atomic E-state index is -1.26. The van der Waals surface area contributed by atoms with Crippen molar-refractivity contribution in [3.05, 3.63) is 29.6 Å². The molecule has 2 heterocycles. The standard InChI is InChI=1S/C12H14F2N2O2/c1-12(3-6-18-7-4-12)16-11(17)8-2-5-15-10(14)9(8)13/h2,5H,3-4,6-7H2,1H3,(H,16,17). The maximum Gasteiger partial charge on any atom is 0.254 e. The quantitative estimate of drug-likeness (QED) is 0.819. The molecular weight excluding hydrogens is 242 g/mol. The molecule has 6 heteroatoms. The molecule has 1 aliphatic heterocycles. The Hall–Kier alpha value is -1.56. The van der Waals surface area contributed by atoms with E-state index >= 15 is 0 Å². The van der Waals surface area contributed by atoms with E-state index in [-0.39, 0.29) is 5.56 Å². The average molecular weight is 256 g/mol. The number of nitrogens with zero attached hydrogens (tertiary/aromatic N) is 1. The van der Waals surface area contributed by atoms with Gasteiger partial charge in [-0.05, 0) is 25.8 Å². The molecule has 2 rings (SSSR count). The predicted octanol–water partition coefficient (Wildman–Crippen LogP) is 1.66. The molecule has 0 atom stereocenters. The van der Waals surface area contributed by atoms with Gasteiger partial charge in [-0.25, -0.2) is 9.37 Å². The number of carbonyl (C=O) groups is 1. The van der Waals surface area contributed by atoms with Gasteiger partial charge in [-0.2, -0.15) is 4.39 Å². The van der Waals surface area contributed by atoms with Crippen molar-refractivity contribution < 1.29 is 18.3 Å². The van der Waals surface area contributed by atoms with Crippen LogP contribution in [-0.2, 0) is 4.74 Å². The van der Waals surface area contributed by atoms with Gasteiger partial charge in [0.1, 0.15) is 0 Å². The van der Waals surface area contributed by atoms with Crippen LogP contribution in [0.4, 0.5) is 8.78 Å². The largest absolute Gasteiger partial charge is 0.381 e. The van der Waals surface area contributed by atoms with Crippen LogP contribution in [-0.4, -0.2) is 29.6 Å². The topological polar surface area (TPSA) is 51.2 Å². The van der Waals surface area contributed by atoms with E-state index in [1.807, 2.05) is 6.92 Å². The zero-order chi connectivity index (χ0) is 13.2. The van der Waals surface area contributed by atoms with Crippen LogP contribution in [0.1, 0.15) is 30.1 Å². The molecule has 0 radical (unpaired) electrons. The van der Waals surface area contributed by atoms with Gasteiger partial charge in [-0.15, -0.1) is 0 Å². The number of nitrogens with one attached hydrogen (secondary N) is 1. The van der Waals surface area contributed by atoms with E-state index in [0.717, 1.165) is 12.3 Å². The number of hydrogen-bond acceptors (Lipinski definition) is 3. The van der Waals surface area contributed by atoms with Gasteiger partial charge in [-0.1, -0.05) is 0 Å². The van der Waals surface area contributed by atoms with Crippen molar-refractivity contribution in [3.8, 4) is 0 Å². The number of hydrogen-bond donors (Lipinski definition) is 1. The highest BCUT2D eigenvalue weighted by molar-refractivity contribution is 5.94. The second kappa shape index (κ2) is 4.97. The van der Waals surface area contributed by atoms with Crippen LogP contribution in [0.15, 0.2) is 12.3 Å². The van der Waals surface area contributed by atoms with Gasteiger partial charge >= 0.3 is 0 Å². The molecule has 0 bridgehead atoms. The van der Waals surface area contributed by atoms with Gasteiger partial charge < -0.3 is 10.1 Å². The molecule has 1 N–H and O–H groups in total. The molecule has 1 aromatic heterocycles. The van der Waals surface area contributed by atoms with Crippen LogP contribution in [0, 0.1) is 11.8 Å². The second-order valence-electron chi connectivity index (χ2n) is 4.59. The fourth-order valence-electron chi connectivity index (χ4n) is 1.88. The van der Waals surface area contributed by atoms with Crippen LogP contribution >= 0.6 is 0 Å². The Balaban J connectivity index is 2.14. The summed E-state index contributed by atoms with van der Waals surface area (Å²) in [6.45, 7) is 2.96. The van der Waals surface area contributed by atoms with E-state index < -0.39 is 23.2 Å². The van der Waals surface area contributed by atoms with E-state index in [0.29, 0.717) is 26.1 Å². The Kier molecular flexibility index (Phi) is 3.56. The summed E-state index contributed by atoms with van der Waals surface area (Å²) in [6, 6.07) is 1.16. The first-order valence-corrected chi connectivity index (χ1v) is 5.72. The van der Waals surface area contributed by atoms with Crippen LogP contribution < -0.4 is 5.32 Å². The third-order valence-corrected chi connectivity index (χ3v) is 3.10.